The van der Waals surface area contributed by atoms with E-state index in [0.29, 0.717) is 24.7 Å². The number of carbonyl (C=O) groups is 2. The summed E-state index contributed by atoms with van der Waals surface area (Å²) >= 11 is 0. The molecule has 0 saturated heterocycles. The maximum absolute atomic E-state index is 12.1. The zero-order valence-electron chi connectivity index (χ0n) is 16.9. The molecule has 30 heavy (non-hydrogen) atoms. The van der Waals surface area contributed by atoms with Gasteiger partial charge in [0.05, 0.1) is 0 Å². The van der Waals surface area contributed by atoms with Crippen LogP contribution in [0.3, 0.4) is 0 Å². The second kappa shape index (κ2) is 8.90. The third kappa shape index (κ3) is 5.31. The van der Waals surface area contributed by atoms with E-state index in [-0.39, 0.29) is 24.2 Å². The first kappa shape index (κ1) is 19.8. The Hall–Kier alpha value is -3.48. The SMILES string of the molecule is Cc1ccc(-c2nnc(CCC(=O)NCc3ccc(NC(=O)C4CC4)cc3)o2)cc1. The minimum atomic E-state index is -0.0869. The molecule has 1 heterocycles. The maximum Gasteiger partial charge on any atom is 0.247 e. The number of hydrogen-bond donors (Lipinski definition) is 2. The van der Waals surface area contributed by atoms with Crippen LogP contribution in [-0.4, -0.2) is 22.0 Å². The van der Waals surface area contributed by atoms with Crippen LogP contribution in [0.4, 0.5) is 5.69 Å². The highest BCUT2D eigenvalue weighted by atomic mass is 16.4. The number of hydrogen-bond acceptors (Lipinski definition) is 5. The molecular formula is C23H24N4O3. The molecule has 0 unspecified atom stereocenters. The third-order valence-corrected chi connectivity index (χ3v) is 4.99. The minimum absolute atomic E-state index is 0.0858. The molecule has 7 heteroatoms. The summed E-state index contributed by atoms with van der Waals surface area (Å²) in [5, 5.41) is 13.9. The molecule has 2 amide bonds. The molecule has 0 spiro atoms. The van der Waals surface area contributed by atoms with Crippen molar-refractivity contribution in [3.05, 3.63) is 65.5 Å². The molecule has 154 valence electrons. The first-order valence-electron chi connectivity index (χ1n) is 10.1. The summed E-state index contributed by atoms with van der Waals surface area (Å²) in [5.74, 6) is 1.07. The van der Waals surface area contributed by atoms with E-state index in [2.05, 4.69) is 20.8 Å². The van der Waals surface area contributed by atoms with Crippen LogP contribution in [0.5, 0.6) is 0 Å². The van der Waals surface area contributed by atoms with E-state index in [0.717, 1.165) is 35.2 Å². The van der Waals surface area contributed by atoms with Crippen LogP contribution in [0, 0.1) is 12.8 Å². The second-order valence-electron chi connectivity index (χ2n) is 7.60. The molecule has 1 saturated carbocycles. The Morgan fingerprint density at radius 2 is 1.77 bits per heavy atom. The average Bonchev–Trinajstić information content (AvgIpc) is 3.51. The number of nitrogens with zero attached hydrogens (tertiary/aromatic N) is 2. The van der Waals surface area contributed by atoms with Crippen LogP contribution in [0.25, 0.3) is 11.5 Å². The van der Waals surface area contributed by atoms with Gasteiger partial charge < -0.3 is 15.1 Å². The molecule has 1 aliphatic rings. The van der Waals surface area contributed by atoms with E-state index in [9.17, 15) is 9.59 Å². The zero-order valence-corrected chi connectivity index (χ0v) is 16.9. The van der Waals surface area contributed by atoms with Crippen molar-refractivity contribution in [1.29, 1.82) is 0 Å². The van der Waals surface area contributed by atoms with Gasteiger partial charge in [0.1, 0.15) is 0 Å². The zero-order chi connectivity index (χ0) is 20.9. The Morgan fingerprint density at radius 3 is 2.47 bits per heavy atom. The van der Waals surface area contributed by atoms with Crippen molar-refractivity contribution in [2.45, 2.75) is 39.2 Å². The third-order valence-electron chi connectivity index (χ3n) is 4.99. The number of aryl methyl sites for hydroxylation is 2. The van der Waals surface area contributed by atoms with Gasteiger partial charge in [-0.05, 0) is 49.6 Å². The van der Waals surface area contributed by atoms with Gasteiger partial charge in [0.25, 0.3) is 0 Å². The molecule has 1 fully saturated rings. The highest BCUT2D eigenvalue weighted by Crippen LogP contribution is 2.30. The number of carbonyl (C=O) groups excluding carboxylic acids is 2. The molecular weight excluding hydrogens is 380 g/mol. The van der Waals surface area contributed by atoms with Gasteiger partial charge in [0, 0.05) is 36.6 Å². The smallest absolute Gasteiger partial charge is 0.247 e. The Morgan fingerprint density at radius 1 is 1.03 bits per heavy atom. The van der Waals surface area contributed by atoms with Crippen molar-refractivity contribution < 1.29 is 14.0 Å². The predicted octanol–water partition coefficient (Wildman–Crippen LogP) is 3.64. The standard InChI is InChI=1S/C23H24N4O3/c1-15-2-6-18(7-3-15)23-27-26-21(30-23)13-12-20(28)24-14-16-4-10-19(11-5-16)25-22(29)17-8-9-17/h2-7,10-11,17H,8-9,12-14H2,1H3,(H,24,28)(H,25,29). The van der Waals surface area contributed by atoms with E-state index in [1.807, 2.05) is 55.5 Å². The van der Waals surface area contributed by atoms with Gasteiger partial charge >= 0.3 is 0 Å². The minimum Gasteiger partial charge on any atom is -0.421 e. The van der Waals surface area contributed by atoms with Crippen LogP contribution in [0.15, 0.2) is 52.9 Å². The lowest BCUT2D eigenvalue weighted by atomic mass is 10.1. The van der Waals surface area contributed by atoms with Gasteiger partial charge in [0.15, 0.2) is 0 Å². The van der Waals surface area contributed by atoms with E-state index in [1.54, 1.807) is 0 Å². The first-order valence-corrected chi connectivity index (χ1v) is 10.1. The van der Waals surface area contributed by atoms with Crippen molar-refractivity contribution in [3.63, 3.8) is 0 Å². The van der Waals surface area contributed by atoms with Crippen LogP contribution >= 0.6 is 0 Å². The fourth-order valence-corrected chi connectivity index (χ4v) is 2.97. The number of rotatable bonds is 8. The Balaban J connectivity index is 1.21. The van der Waals surface area contributed by atoms with Crippen LogP contribution in [0.2, 0.25) is 0 Å². The van der Waals surface area contributed by atoms with Crippen molar-refractivity contribution in [2.24, 2.45) is 5.92 Å². The molecule has 2 N–H and O–H groups in total. The Kier molecular flexibility index (Phi) is 5.88. The molecule has 0 radical (unpaired) electrons. The number of anilines is 1. The van der Waals surface area contributed by atoms with Crippen molar-refractivity contribution in [2.75, 3.05) is 5.32 Å². The van der Waals surface area contributed by atoms with Gasteiger partial charge in [-0.15, -0.1) is 10.2 Å². The lowest BCUT2D eigenvalue weighted by Gasteiger charge is -2.07. The summed E-state index contributed by atoms with van der Waals surface area (Å²) in [5.41, 5.74) is 3.77. The average molecular weight is 404 g/mol. The molecule has 0 atom stereocenters. The summed E-state index contributed by atoms with van der Waals surface area (Å²) < 4.78 is 5.65. The molecule has 7 nitrogen and oxygen atoms in total. The van der Waals surface area contributed by atoms with Crippen LogP contribution in [0.1, 0.15) is 36.3 Å². The number of amides is 2. The lowest BCUT2D eigenvalue weighted by molar-refractivity contribution is -0.121. The van der Waals surface area contributed by atoms with E-state index in [1.165, 1.54) is 0 Å². The summed E-state index contributed by atoms with van der Waals surface area (Å²) in [6.07, 6.45) is 2.61. The van der Waals surface area contributed by atoms with Crippen molar-refractivity contribution in [1.82, 2.24) is 15.5 Å². The number of aromatic nitrogens is 2. The van der Waals surface area contributed by atoms with Crippen molar-refractivity contribution in [3.8, 4) is 11.5 Å². The fourth-order valence-electron chi connectivity index (χ4n) is 2.97. The molecule has 4 rings (SSSR count). The maximum atomic E-state index is 12.1. The lowest BCUT2D eigenvalue weighted by Crippen LogP contribution is -2.23. The molecule has 1 aromatic heterocycles. The molecule has 0 aliphatic heterocycles. The van der Waals surface area contributed by atoms with E-state index < -0.39 is 0 Å². The quantitative estimate of drug-likeness (QED) is 0.597. The summed E-state index contributed by atoms with van der Waals surface area (Å²) in [6.45, 7) is 2.44. The summed E-state index contributed by atoms with van der Waals surface area (Å²) in [7, 11) is 0. The Bertz CT molecular complexity index is 1020. The predicted molar refractivity (Wildman–Crippen MR) is 112 cm³/mol. The number of nitrogens with one attached hydrogen (secondary N) is 2. The molecule has 0 bridgehead atoms. The highest BCUT2D eigenvalue weighted by molar-refractivity contribution is 5.94. The van der Waals surface area contributed by atoms with E-state index >= 15 is 0 Å². The fraction of sp³-hybridized carbons (Fsp3) is 0.304. The first-order chi connectivity index (χ1) is 14.6. The van der Waals surface area contributed by atoms with Crippen molar-refractivity contribution >= 4 is 17.5 Å². The molecule has 3 aromatic rings. The Labute approximate surface area is 174 Å². The van der Waals surface area contributed by atoms with Crippen LogP contribution in [-0.2, 0) is 22.6 Å². The normalized spacial score (nSPS) is 13.1. The van der Waals surface area contributed by atoms with Gasteiger partial charge in [-0.1, -0.05) is 29.8 Å². The van der Waals surface area contributed by atoms with Crippen LogP contribution < -0.4 is 10.6 Å². The molecule has 1 aliphatic carbocycles. The number of benzene rings is 2. The monoisotopic (exact) mass is 404 g/mol. The van der Waals surface area contributed by atoms with E-state index in [4.69, 9.17) is 4.42 Å². The summed E-state index contributed by atoms with van der Waals surface area (Å²) in [4.78, 5) is 23.9. The topological polar surface area (TPSA) is 97.1 Å². The summed E-state index contributed by atoms with van der Waals surface area (Å²) in [6, 6.07) is 15.3. The molecule has 2 aromatic carbocycles. The highest BCUT2D eigenvalue weighted by Gasteiger charge is 2.29. The van der Waals surface area contributed by atoms with Gasteiger partial charge in [-0.25, -0.2) is 0 Å². The van der Waals surface area contributed by atoms with Gasteiger partial charge in [-0.3, -0.25) is 9.59 Å². The van der Waals surface area contributed by atoms with Gasteiger partial charge in [-0.2, -0.15) is 0 Å². The van der Waals surface area contributed by atoms with Gasteiger partial charge in [0.2, 0.25) is 23.6 Å². The largest absolute Gasteiger partial charge is 0.421 e. The second-order valence-corrected chi connectivity index (χ2v) is 7.60.